The van der Waals surface area contributed by atoms with Crippen LogP contribution in [0.15, 0.2) is 42.5 Å². The van der Waals surface area contributed by atoms with Crippen molar-refractivity contribution in [2.75, 3.05) is 11.5 Å². The highest BCUT2D eigenvalue weighted by Crippen LogP contribution is 2.47. The van der Waals surface area contributed by atoms with Gasteiger partial charge in [0.1, 0.15) is 11.5 Å². The van der Waals surface area contributed by atoms with E-state index < -0.39 is 18.0 Å². The Kier molecular flexibility index (Phi) is 6.22. The van der Waals surface area contributed by atoms with Gasteiger partial charge >= 0.3 is 5.97 Å². The fraction of sp³-hybridized carbons (Fsp3) is 0.217. The van der Waals surface area contributed by atoms with E-state index in [1.807, 2.05) is 28.3 Å². The smallest absolute Gasteiger partial charge is 0.307 e. The van der Waals surface area contributed by atoms with E-state index in [-0.39, 0.29) is 29.3 Å². The zero-order chi connectivity index (χ0) is 23.0. The van der Waals surface area contributed by atoms with Crippen LogP contribution in [0, 0.1) is 0 Å². The molecule has 3 aromatic carbocycles. The summed E-state index contributed by atoms with van der Waals surface area (Å²) in [5, 5.41) is 10.5. The number of alkyl halides is 1. The maximum absolute atomic E-state index is 13.9. The lowest BCUT2D eigenvalue weighted by atomic mass is 9.99. The van der Waals surface area contributed by atoms with Crippen molar-refractivity contribution in [1.29, 1.82) is 0 Å². The highest BCUT2D eigenvalue weighted by molar-refractivity contribution is 7.16. The standard InChI is InChI=1S/C23H20ClFNO5P/c1-2-30-20-13-5-3-4-6-14(13)21(31-23(25)32)19-15(20)11-26(22(19)29)17-8-7-12(9-16(17)24)10-18(27)28/h3-9,23H,2,10-11,32H2,1H3,(H,27,28). The normalized spacial score (nSPS) is 13.9. The number of anilines is 1. The number of halogens is 2. The first-order valence-corrected chi connectivity index (χ1v) is 10.9. The van der Waals surface area contributed by atoms with Gasteiger partial charge in [-0.3, -0.25) is 9.59 Å². The molecule has 1 heterocycles. The van der Waals surface area contributed by atoms with Gasteiger partial charge in [-0.15, -0.1) is 0 Å². The Morgan fingerprint density at radius 2 is 1.94 bits per heavy atom. The number of fused-ring (bicyclic) bond motifs is 2. The van der Waals surface area contributed by atoms with Crippen molar-refractivity contribution in [3.05, 3.63) is 64.2 Å². The molecule has 0 fully saturated rings. The van der Waals surface area contributed by atoms with Gasteiger partial charge in [-0.05, 0) is 24.6 Å². The van der Waals surface area contributed by atoms with Crippen molar-refractivity contribution in [1.82, 2.24) is 0 Å². The first-order valence-electron chi connectivity index (χ1n) is 9.90. The number of carboxylic acids is 1. The third kappa shape index (κ3) is 3.98. The molecule has 3 aromatic rings. The van der Waals surface area contributed by atoms with Gasteiger partial charge < -0.3 is 19.5 Å². The lowest BCUT2D eigenvalue weighted by Gasteiger charge is -2.18. The molecule has 2 unspecified atom stereocenters. The average Bonchev–Trinajstić information content (AvgIpc) is 3.07. The number of nitrogens with zero attached hydrogens (tertiary/aromatic N) is 1. The molecule has 1 aliphatic rings. The number of hydrogen-bond acceptors (Lipinski definition) is 4. The number of amides is 1. The summed E-state index contributed by atoms with van der Waals surface area (Å²) in [5.41, 5.74) is 1.75. The molecule has 0 saturated carbocycles. The first-order chi connectivity index (χ1) is 15.3. The molecule has 0 spiro atoms. The molecule has 0 aromatic heterocycles. The average molecular weight is 476 g/mol. The van der Waals surface area contributed by atoms with E-state index in [9.17, 15) is 14.0 Å². The van der Waals surface area contributed by atoms with E-state index in [4.69, 9.17) is 26.2 Å². The molecule has 0 saturated heterocycles. The maximum atomic E-state index is 13.9. The van der Waals surface area contributed by atoms with Gasteiger partial charge in [0.25, 0.3) is 5.91 Å². The Morgan fingerprint density at radius 1 is 1.25 bits per heavy atom. The van der Waals surface area contributed by atoms with Crippen molar-refractivity contribution in [2.24, 2.45) is 0 Å². The molecule has 1 N–H and O–H groups in total. The highest BCUT2D eigenvalue weighted by Gasteiger charge is 2.37. The van der Waals surface area contributed by atoms with E-state index in [0.717, 1.165) is 0 Å². The van der Waals surface area contributed by atoms with Crippen molar-refractivity contribution in [3.8, 4) is 11.5 Å². The summed E-state index contributed by atoms with van der Waals surface area (Å²) in [6.07, 6.45) is -1.89. The molecular weight excluding hydrogens is 456 g/mol. The summed E-state index contributed by atoms with van der Waals surface area (Å²) in [5.74, 6) is -0.696. The van der Waals surface area contributed by atoms with Gasteiger partial charge in [0.15, 0.2) is 0 Å². The number of benzene rings is 3. The van der Waals surface area contributed by atoms with E-state index >= 15 is 0 Å². The predicted octanol–water partition coefficient (Wildman–Crippen LogP) is 5.19. The predicted molar refractivity (Wildman–Crippen MR) is 124 cm³/mol. The third-order valence-electron chi connectivity index (χ3n) is 5.17. The Balaban J connectivity index is 1.88. The summed E-state index contributed by atoms with van der Waals surface area (Å²) >= 11 is 6.42. The quantitative estimate of drug-likeness (QED) is 0.476. The topological polar surface area (TPSA) is 76.1 Å². The van der Waals surface area contributed by atoms with E-state index in [1.54, 1.807) is 24.3 Å². The molecular formula is C23H20ClFNO5P. The summed E-state index contributed by atoms with van der Waals surface area (Å²) in [6.45, 7) is 2.37. The van der Waals surface area contributed by atoms with Crippen molar-refractivity contribution in [3.63, 3.8) is 0 Å². The second-order valence-corrected chi connectivity index (χ2v) is 8.14. The van der Waals surface area contributed by atoms with Crippen LogP contribution >= 0.6 is 20.8 Å². The van der Waals surface area contributed by atoms with E-state index in [2.05, 4.69) is 0 Å². The van der Waals surface area contributed by atoms with Gasteiger partial charge in [0, 0.05) is 16.3 Å². The molecule has 6 nitrogen and oxygen atoms in total. The number of ether oxygens (including phenoxy) is 2. The number of carboxylic acid groups (broad SMARTS) is 1. The van der Waals surface area contributed by atoms with Gasteiger partial charge in [-0.25, -0.2) is 0 Å². The van der Waals surface area contributed by atoms with Crippen LogP contribution in [0.3, 0.4) is 0 Å². The van der Waals surface area contributed by atoms with Gasteiger partial charge in [0.2, 0.25) is 6.10 Å². The molecule has 0 bridgehead atoms. The molecule has 166 valence electrons. The van der Waals surface area contributed by atoms with Crippen LogP contribution in [0.1, 0.15) is 28.4 Å². The third-order valence-corrected chi connectivity index (χ3v) is 5.61. The zero-order valence-electron chi connectivity index (χ0n) is 17.1. The highest BCUT2D eigenvalue weighted by atomic mass is 35.5. The zero-order valence-corrected chi connectivity index (χ0v) is 19.0. The van der Waals surface area contributed by atoms with Crippen LogP contribution in [0.4, 0.5) is 10.1 Å². The largest absolute Gasteiger partial charge is 0.493 e. The van der Waals surface area contributed by atoms with Crippen LogP contribution in [0.2, 0.25) is 5.02 Å². The summed E-state index contributed by atoms with van der Waals surface area (Å²) in [6, 6.07) is 12.0. The molecule has 4 rings (SSSR count). The monoisotopic (exact) mass is 475 g/mol. The molecule has 1 aliphatic heterocycles. The van der Waals surface area contributed by atoms with Crippen molar-refractivity contribution >= 4 is 49.2 Å². The Morgan fingerprint density at radius 3 is 2.53 bits per heavy atom. The summed E-state index contributed by atoms with van der Waals surface area (Å²) in [4.78, 5) is 26.0. The maximum Gasteiger partial charge on any atom is 0.307 e. The Bertz CT molecular complexity index is 1230. The van der Waals surface area contributed by atoms with Crippen molar-refractivity contribution < 1.29 is 28.6 Å². The second kappa shape index (κ2) is 8.93. The lowest BCUT2D eigenvalue weighted by molar-refractivity contribution is -0.136. The van der Waals surface area contributed by atoms with E-state index in [0.29, 0.717) is 39.9 Å². The summed E-state index contributed by atoms with van der Waals surface area (Å²) < 4.78 is 25.3. The Hall–Kier alpha value is -2.89. The van der Waals surface area contributed by atoms with Crippen LogP contribution in [-0.2, 0) is 17.8 Å². The number of hydrogen-bond donors (Lipinski definition) is 1. The van der Waals surface area contributed by atoms with Gasteiger partial charge in [-0.2, -0.15) is 4.39 Å². The number of carbonyl (C=O) groups excluding carboxylic acids is 1. The minimum absolute atomic E-state index is 0.146. The fourth-order valence-corrected chi connectivity index (χ4v) is 4.40. The van der Waals surface area contributed by atoms with Crippen LogP contribution in [0.25, 0.3) is 10.8 Å². The van der Waals surface area contributed by atoms with E-state index in [1.165, 1.54) is 11.0 Å². The number of rotatable bonds is 7. The lowest BCUT2D eigenvalue weighted by Crippen LogP contribution is -2.24. The van der Waals surface area contributed by atoms with Crippen LogP contribution in [-0.4, -0.2) is 29.7 Å². The van der Waals surface area contributed by atoms with Crippen molar-refractivity contribution in [2.45, 2.75) is 26.0 Å². The van der Waals surface area contributed by atoms with Crippen LogP contribution < -0.4 is 14.4 Å². The van der Waals surface area contributed by atoms with Gasteiger partial charge in [0.05, 0.1) is 35.8 Å². The molecule has 9 heteroatoms. The number of carbonyl (C=O) groups is 2. The Labute approximate surface area is 191 Å². The molecule has 0 radical (unpaired) electrons. The minimum atomic E-state index is -1.71. The molecule has 32 heavy (non-hydrogen) atoms. The first kappa shape index (κ1) is 22.3. The fourth-order valence-electron chi connectivity index (χ4n) is 3.96. The molecule has 0 aliphatic carbocycles. The SMILES string of the molecule is CCOc1c2c(c(OC(F)P)c3ccccc13)C(=O)N(c1ccc(CC(=O)O)cc1Cl)C2. The molecule has 2 atom stereocenters. The van der Waals surface area contributed by atoms with Crippen LogP contribution in [0.5, 0.6) is 11.5 Å². The molecule has 1 amide bonds. The number of aliphatic carboxylic acids is 1. The second-order valence-electron chi connectivity index (χ2n) is 7.21. The summed E-state index contributed by atoms with van der Waals surface area (Å²) in [7, 11) is 1.92. The minimum Gasteiger partial charge on any atom is -0.493 e. The van der Waals surface area contributed by atoms with Gasteiger partial charge in [-0.1, -0.05) is 51.2 Å².